The number of pyridine rings is 1. The van der Waals surface area contributed by atoms with Crippen molar-refractivity contribution in [3.05, 3.63) is 53.7 Å². The van der Waals surface area contributed by atoms with Crippen LogP contribution in [0.3, 0.4) is 0 Å². The van der Waals surface area contributed by atoms with E-state index in [9.17, 15) is 4.79 Å². The maximum atomic E-state index is 10.6. The predicted molar refractivity (Wildman–Crippen MR) is 77.1 cm³/mol. The molecule has 1 aromatic heterocycles. The Morgan fingerprint density at radius 1 is 1.21 bits per heavy atom. The molecule has 2 rings (SSSR count). The summed E-state index contributed by atoms with van der Waals surface area (Å²) in [6.07, 6.45) is 3.80. The van der Waals surface area contributed by atoms with Gasteiger partial charge in [-0.25, -0.2) is 0 Å². The number of hydrogen-bond donors (Lipinski definition) is 1. The number of rotatable bonds is 6. The number of hydrogen-bond acceptors (Lipinski definition) is 3. The molecule has 0 saturated heterocycles. The maximum Gasteiger partial charge on any atom is 0.150 e. The van der Waals surface area contributed by atoms with E-state index in [0.29, 0.717) is 5.56 Å². The number of aldehydes is 1. The van der Waals surface area contributed by atoms with Crippen LogP contribution in [-0.4, -0.2) is 17.8 Å². The number of carbonyl (C=O) groups is 1. The van der Waals surface area contributed by atoms with E-state index >= 15 is 0 Å². The topological polar surface area (TPSA) is 42.0 Å². The molecule has 98 valence electrons. The molecule has 3 nitrogen and oxygen atoms in total. The third-order valence-corrected chi connectivity index (χ3v) is 2.92. The molecule has 0 aliphatic carbocycles. The summed E-state index contributed by atoms with van der Waals surface area (Å²) in [6.45, 7) is 4.03. The summed E-state index contributed by atoms with van der Waals surface area (Å²) in [5.41, 5.74) is 3.87. The fourth-order valence-corrected chi connectivity index (χ4v) is 1.88. The van der Waals surface area contributed by atoms with Crippen LogP contribution in [0.5, 0.6) is 0 Å². The van der Waals surface area contributed by atoms with Gasteiger partial charge in [-0.1, -0.05) is 31.2 Å². The molecule has 0 aliphatic rings. The summed E-state index contributed by atoms with van der Waals surface area (Å²) < 4.78 is 0. The standard InChI is InChI=1S/C16H18N2O/c1-2-8-17-11-14-7-9-18-16(10-14)15-5-3-13(12-19)4-6-15/h3-7,9-10,12,17H,2,8,11H2,1H3. The zero-order chi connectivity index (χ0) is 13.5. The van der Waals surface area contributed by atoms with E-state index in [1.54, 1.807) is 0 Å². The molecular formula is C16H18N2O. The number of nitrogens with zero attached hydrogens (tertiary/aromatic N) is 1. The van der Waals surface area contributed by atoms with Crippen LogP contribution in [0.1, 0.15) is 29.3 Å². The Kier molecular flexibility index (Phi) is 4.81. The summed E-state index contributed by atoms with van der Waals surface area (Å²) in [5.74, 6) is 0. The highest BCUT2D eigenvalue weighted by Crippen LogP contribution is 2.18. The first-order chi connectivity index (χ1) is 9.33. The van der Waals surface area contributed by atoms with E-state index in [0.717, 1.165) is 37.1 Å². The smallest absolute Gasteiger partial charge is 0.150 e. The third-order valence-electron chi connectivity index (χ3n) is 2.92. The largest absolute Gasteiger partial charge is 0.313 e. The number of aromatic nitrogens is 1. The van der Waals surface area contributed by atoms with E-state index in [1.165, 1.54) is 5.56 Å². The predicted octanol–water partition coefficient (Wildman–Crippen LogP) is 3.06. The molecule has 19 heavy (non-hydrogen) atoms. The Labute approximate surface area is 113 Å². The monoisotopic (exact) mass is 254 g/mol. The van der Waals surface area contributed by atoms with E-state index in [4.69, 9.17) is 0 Å². The maximum absolute atomic E-state index is 10.6. The molecule has 0 spiro atoms. The lowest BCUT2D eigenvalue weighted by Crippen LogP contribution is -2.13. The molecule has 3 heteroatoms. The first kappa shape index (κ1) is 13.4. The minimum absolute atomic E-state index is 0.685. The van der Waals surface area contributed by atoms with Gasteiger partial charge in [0.1, 0.15) is 6.29 Å². The average Bonchev–Trinajstić information content (AvgIpc) is 2.48. The van der Waals surface area contributed by atoms with Crippen molar-refractivity contribution in [2.24, 2.45) is 0 Å². The molecule has 0 aliphatic heterocycles. The highest BCUT2D eigenvalue weighted by Gasteiger charge is 2.01. The molecule has 1 N–H and O–H groups in total. The molecule has 0 atom stereocenters. The molecule has 1 heterocycles. The van der Waals surface area contributed by atoms with Crippen LogP contribution < -0.4 is 5.32 Å². The van der Waals surface area contributed by atoms with E-state index < -0.39 is 0 Å². The fourth-order valence-electron chi connectivity index (χ4n) is 1.88. The zero-order valence-corrected chi connectivity index (χ0v) is 11.1. The molecular weight excluding hydrogens is 236 g/mol. The highest BCUT2D eigenvalue weighted by atomic mass is 16.1. The minimum Gasteiger partial charge on any atom is -0.313 e. The highest BCUT2D eigenvalue weighted by molar-refractivity contribution is 5.76. The van der Waals surface area contributed by atoms with E-state index in [1.807, 2.05) is 36.5 Å². The van der Waals surface area contributed by atoms with Crippen LogP contribution in [0.4, 0.5) is 0 Å². The normalized spacial score (nSPS) is 10.4. The Bertz CT molecular complexity index is 535. The van der Waals surface area contributed by atoms with Crippen molar-refractivity contribution in [2.45, 2.75) is 19.9 Å². The summed E-state index contributed by atoms with van der Waals surface area (Å²) in [5, 5.41) is 3.37. The molecule has 0 radical (unpaired) electrons. The van der Waals surface area contributed by atoms with Gasteiger partial charge >= 0.3 is 0 Å². The molecule has 0 unspecified atom stereocenters. The molecule has 0 bridgehead atoms. The van der Waals surface area contributed by atoms with Gasteiger partial charge in [-0.05, 0) is 30.7 Å². The number of nitrogens with one attached hydrogen (secondary N) is 1. The van der Waals surface area contributed by atoms with Gasteiger partial charge in [-0.15, -0.1) is 0 Å². The molecule has 0 fully saturated rings. The van der Waals surface area contributed by atoms with Gasteiger partial charge < -0.3 is 5.32 Å². The summed E-state index contributed by atoms with van der Waals surface area (Å²) in [6, 6.07) is 11.6. The number of carbonyl (C=O) groups excluding carboxylic acids is 1. The minimum atomic E-state index is 0.685. The molecule has 1 aromatic carbocycles. The van der Waals surface area contributed by atoms with Gasteiger partial charge in [-0.2, -0.15) is 0 Å². The van der Waals surface area contributed by atoms with Crippen LogP contribution in [0.25, 0.3) is 11.3 Å². The third kappa shape index (κ3) is 3.73. The van der Waals surface area contributed by atoms with Gasteiger partial charge in [0.05, 0.1) is 5.69 Å². The van der Waals surface area contributed by atoms with Crippen LogP contribution in [0.15, 0.2) is 42.6 Å². The van der Waals surface area contributed by atoms with Crippen molar-refractivity contribution in [1.82, 2.24) is 10.3 Å². The van der Waals surface area contributed by atoms with Crippen LogP contribution >= 0.6 is 0 Å². The van der Waals surface area contributed by atoms with Crippen LogP contribution in [-0.2, 0) is 6.54 Å². The lowest BCUT2D eigenvalue weighted by Gasteiger charge is -2.06. The Morgan fingerprint density at radius 2 is 2.00 bits per heavy atom. The summed E-state index contributed by atoms with van der Waals surface area (Å²) in [4.78, 5) is 15.0. The first-order valence-electron chi connectivity index (χ1n) is 6.54. The van der Waals surface area contributed by atoms with Crippen molar-refractivity contribution in [3.63, 3.8) is 0 Å². The van der Waals surface area contributed by atoms with Crippen molar-refractivity contribution in [1.29, 1.82) is 0 Å². The van der Waals surface area contributed by atoms with Crippen LogP contribution in [0.2, 0.25) is 0 Å². The average molecular weight is 254 g/mol. The SMILES string of the molecule is CCCNCc1ccnc(-c2ccc(C=O)cc2)c1. The van der Waals surface area contributed by atoms with Gasteiger partial charge in [-0.3, -0.25) is 9.78 Å². The van der Waals surface area contributed by atoms with E-state index in [-0.39, 0.29) is 0 Å². The lowest BCUT2D eigenvalue weighted by atomic mass is 10.1. The van der Waals surface area contributed by atoms with Crippen molar-refractivity contribution >= 4 is 6.29 Å². The van der Waals surface area contributed by atoms with Gasteiger partial charge in [0.2, 0.25) is 0 Å². The summed E-state index contributed by atoms with van der Waals surface area (Å²) >= 11 is 0. The van der Waals surface area contributed by atoms with E-state index in [2.05, 4.69) is 23.3 Å². The van der Waals surface area contributed by atoms with Gasteiger partial charge in [0.15, 0.2) is 0 Å². The van der Waals surface area contributed by atoms with Crippen molar-refractivity contribution < 1.29 is 4.79 Å². The quantitative estimate of drug-likeness (QED) is 0.636. The second-order valence-electron chi connectivity index (χ2n) is 4.47. The Balaban J connectivity index is 2.14. The number of benzene rings is 1. The second kappa shape index (κ2) is 6.81. The van der Waals surface area contributed by atoms with Gasteiger partial charge in [0.25, 0.3) is 0 Å². The fraction of sp³-hybridized carbons (Fsp3) is 0.250. The molecule has 2 aromatic rings. The zero-order valence-electron chi connectivity index (χ0n) is 11.1. The molecule has 0 amide bonds. The first-order valence-corrected chi connectivity index (χ1v) is 6.54. The molecule has 0 saturated carbocycles. The van der Waals surface area contributed by atoms with Crippen LogP contribution in [0, 0.1) is 0 Å². The van der Waals surface area contributed by atoms with Gasteiger partial charge in [0, 0.05) is 23.9 Å². The Hall–Kier alpha value is -2.00. The Morgan fingerprint density at radius 3 is 2.68 bits per heavy atom. The van der Waals surface area contributed by atoms with Crippen molar-refractivity contribution in [2.75, 3.05) is 6.54 Å². The summed E-state index contributed by atoms with van der Waals surface area (Å²) in [7, 11) is 0. The van der Waals surface area contributed by atoms with Crippen molar-refractivity contribution in [3.8, 4) is 11.3 Å². The lowest BCUT2D eigenvalue weighted by molar-refractivity contribution is 0.112. The second-order valence-corrected chi connectivity index (χ2v) is 4.47.